The van der Waals surface area contributed by atoms with Gasteiger partial charge in [-0.2, -0.15) is 4.98 Å². The molecule has 0 bridgehead atoms. The summed E-state index contributed by atoms with van der Waals surface area (Å²) in [6, 6.07) is 12.5. The average Bonchev–Trinajstić information content (AvgIpc) is 3.13. The van der Waals surface area contributed by atoms with Crippen LogP contribution in [0.3, 0.4) is 0 Å². The molecule has 0 aliphatic carbocycles. The van der Waals surface area contributed by atoms with E-state index < -0.39 is 0 Å². The van der Waals surface area contributed by atoms with E-state index in [1.165, 1.54) is 0 Å². The Labute approximate surface area is 156 Å². The summed E-state index contributed by atoms with van der Waals surface area (Å²) in [6.45, 7) is 3.75. The number of hydrogen-bond acceptors (Lipinski definition) is 5. The molecule has 0 spiro atoms. The molecule has 0 saturated carbocycles. The van der Waals surface area contributed by atoms with Gasteiger partial charge in [0, 0.05) is 22.7 Å². The average molecular weight is 372 g/mol. The number of nitrogens with zero attached hydrogens (tertiary/aromatic N) is 2. The first kappa shape index (κ1) is 17.9. The highest BCUT2D eigenvalue weighted by atomic mass is 35.5. The molecule has 3 rings (SSSR count). The van der Waals surface area contributed by atoms with Crippen molar-refractivity contribution in [3.8, 4) is 17.2 Å². The molecule has 0 atom stereocenters. The molecule has 26 heavy (non-hydrogen) atoms. The van der Waals surface area contributed by atoms with Crippen molar-refractivity contribution in [3.63, 3.8) is 0 Å². The molecule has 134 valence electrons. The lowest BCUT2D eigenvalue weighted by molar-refractivity contribution is -0.118. The highest BCUT2D eigenvalue weighted by Crippen LogP contribution is 2.22. The van der Waals surface area contributed by atoms with Crippen LogP contribution in [0.2, 0.25) is 5.02 Å². The molecule has 0 saturated heterocycles. The van der Waals surface area contributed by atoms with E-state index in [0.29, 0.717) is 34.6 Å². The van der Waals surface area contributed by atoms with Crippen molar-refractivity contribution in [2.24, 2.45) is 0 Å². The Morgan fingerprint density at radius 2 is 2.00 bits per heavy atom. The maximum Gasteiger partial charge on any atom is 0.262 e. The fraction of sp³-hybridized carbons (Fsp3) is 0.211. The van der Waals surface area contributed by atoms with Crippen LogP contribution in [-0.2, 0) is 11.2 Å². The highest BCUT2D eigenvalue weighted by molar-refractivity contribution is 6.31. The maximum atomic E-state index is 12.0. The van der Waals surface area contributed by atoms with E-state index in [2.05, 4.69) is 15.5 Å². The third-order valence-electron chi connectivity index (χ3n) is 3.71. The van der Waals surface area contributed by atoms with Gasteiger partial charge in [0.25, 0.3) is 11.8 Å². The molecular formula is C19H18ClN3O3. The van der Waals surface area contributed by atoms with Crippen LogP contribution >= 0.6 is 11.6 Å². The predicted octanol–water partition coefficient (Wildman–Crippen LogP) is 4.28. The number of rotatable bonds is 6. The summed E-state index contributed by atoms with van der Waals surface area (Å²) in [7, 11) is 0. The van der Waals surface area contributed by atoms with Crippen LogP contribution in [0.15, 0.2) is 47.0 Å². The van der Waals surface area contributed by atoms with Gasteiger partial charge < -0.3 is 14.6 Å². The number of aryl methyl sites for hydroxylation is 2. The first-order valence-electron chi connectivity index (χ1n) is 8.17. The Morgan fingerprint density at radius 1 is 1.23 bits per heavy atom. The highest BCUT2D eigenvalue weighted by Gasteiger charge is 2.09. The summed E-state index contributed by atoms with van der Waals surface area (Å²) < 4.78 is 10.7. The van der Waals surface area contributed by atoms with Gasteiger partial charge in [0.15, 0.2) is 12.4 Å². The lowest BCUT2D eigenvalue weighted by Crippen LogP contribution is -2.20. The Bertz CT molecular complexity index is 907. The summed E-state index contributed by atoms with van der Waals surface area (Å²) in [5, 5.41) is 7.21. The van der Waals surface area contributed by atoms with Gasteiger partial charge in [-0.1, -0.05) is 29.7 Å². The molecule has 1 amide bonds. The number of nitrogens with one attached hydrogen (secondary N) is 1. The second kappa shape index (κ2) is 8.01. The third-order valence-corrected chi connectivity index (χ3v) is 4.12. The van der Waals surface area contributed by atoms with Gasteiger partial charge >= 0.3 is 0 Å². The smallest absolute Gasteiger partial charge is 0.262 e. The molecule has 0 aliphatic rings. The summed E-state index contributed by atoms with van der Waals surface area (Å²) in [4.78, 5) is 16.3. The van der Waals surface area contributed by atoms with Crippen molar-refractivity contribution in [2.45, 2.75) is 20.3 Å². The fourth-order valence-electron chi connectivity index (χ4n) is 2.23. The quantitative estimate of drug-likeness (QED) is 0.699. The Hall–Kier alpha value is -2.86. The topological polar surface area (TPSA) is 77.2 Å². The van der Waals surface area contributed by atoms with Crippen molar-refractivity contribution in [3.05, 3.63) is 58.9 Å². The van der Waals surface area contributed by atoms with Crippen LogP contribution in [0.4, 0.5) is 5.69 Å². The van der Waals surface area contributed by atoms with Gasteiger partial charge in [-0.05, 0) is 48.9 Å². The first-order chi connectivity index (χ1) is 12.5. The van der Waals surface area contributed by atoms with E-state index in [4.69, 9.17) is 20.9 Å². The van der Waals surface area contributed by atoms with E-state index in [-0.39, 0.29) is 12.5 Å². The van der Waals surface area contributed by atoms with Gasteiger partial charge in [-0.3, -0.25) is 4.79 Å². The largest absolute Gasteiger partial charge is 0.484 e. The number of aromatic nitrogens is 2. The van der Waals surface area contributed by atoms with E-state index >= 15 is 0 Å². The molecule has 1 aromatic heterocycles. The standard InChI is InChI=1S/C19H18ClN3O3/c1-3-17-22-19(26-23-17)13-5-8-15(9-6-13)25-11-18(24)21-14-7-4-12(2)16(20)10-14/h4-10H,3,11H2,1-2H3,(H,21,24). The van der Waals surface area contributed by atoms with Crippen LogP contribution < -0.4 is 10.1 Å². The minimum Gasteiger partial charge on any atom is -0.484 e. The number of benzene rings is 2. The fourth-order valence-corrected chi connectivity index (χ4v) is 2.41. The second-order valence-electron chi connectivity index (χ2n) is 5.69. The van der Waals surface area contributed by atoms with Crippen LogP contribution in [0.25, 0.3) is 11.5 Å². The Morgan fingerprint density at radius 3 is 2.65 bits per heavy atom. The van der Waals surface area contributed by atoms with Crippen LogP contribution in [0.1, 0.15) is 18.3 Å². The zero-order valence-electron chi connectivity index (χ0n) is 14.5. The van der Waals surface area contributed by atoms with Crippen molar-refractivity contribution in [1.29, 1.82) is 0 Å². The van der Waals surface area contributed by atoms with Gasteiger partial charge in [-0.25, -0.2) is 0 Å². The van der Waals surface area contributed by atoms with Crippen LogP contribution in [-0.4, -0.2) is 22.7 Å². The molecule has 3 aromatic rings. The van der Waals surface area contributed by atoms with Gasteiger partial charge in [-0.15, -0.1) is 0 Å². The van der Waals surface area contributed by atoms with E-state index in [1.807, 2.05) is 19.9 Å². The number of ether oxygens (including phenoxy) is 1. The number of hydrogen-bond donors (Lipinski definition) is 1. The number of anilines is 1. The second-order valence-corrected chi connectivity index (χ2v) is 6.10. The molecule has 0 fully saturated rings. The predicted molar refractivity (Wildman–Crippen MR) is 99.4 cm³/mol. The molecule has 6 nitrogen and oxygen atoms in total. The number of amides is 1. The minimum atomic E-state index is -0.265. The van der Waals surface area contributed by atoms with Crippen molar-refractivity contribution >= 4 is 23.2 Å². The molecule has 1 N–H and O–H groups in total. The van der Waals surface area contributed by atoms with Crippen molar-refractivity contribution in [1.82, 2.24) is 10.1 Å². The Kier molecular flexibility index (Phi) is 5.53. The zero-order valence-corrected chi connectivity index (χ0v) is 15.2. The lowest BCUT2D eigenvalue weighted by atomic mass is 10.2. The Balaban J connectivity index is 1.55. The summed E-state index contributed by atoms with van der Waals surface area (Å²) >= 11 is 6.05. The van der Waals surface area contributed by atoms with Crippen molar-refractivity contribution < 1.29 is 14.1 Å². The monoisotopic (exact) mass is 371 g/mol. The number of halogens is 1. The zero-order chi connectivity index (χ0) is 18.5. The molecule has 0 aliphatic heterocycles. The van der Waals surface area contributed by atoms with Crippen LogP contribution in [0, 0.1) is 6.92 Å². The number of carbonyl (C=O) groups is 1. The molecule has 0 unspecified atom stereocenters. The normalized spacial score (nSPS) is 10.6. The third kappa shape index (κ3) is 4.40. The maximum absolute atomic E-state index is 12.0. The molecule has 7 heteroatoms. The van der Waals surface area contributed by atoms with E-state index in [9.17, 15) is 4.79 Å². The molecular weight excluding hydrogens is 354 g/mol. The molecule has 0 radical (unpaired) electrons. The molecule has 1 heterocycles. The summed E-state index contributed by atoms with van der Waals surface area (Å²) in [5.41, 5.74) is 2.38. The van der Waals surface area contributed by atoms with Crippen molar-refractivity contribution in [2.75, 3.05) is 11.9 Å². The summed E-state index contributed by atoms with van der Waals surface area (Å²) in [6.07, 6.45) is 0.714. The number of carbonyl (C=O) groups excluding carboxylic acids is 1. The SMILES string of the molecule is CCc1noc(-c2ccc(OCC(=O)Nc3ccc(C)c(Cl)c3)cc2)n1. The van der Waals surface area contributed by atoms with E-state index in [1.54, 1.807) is 36.4 Å². The lowest BCUT2D eigenvalue weighted by Gasteiger charge is -2.08. The summed E-state index contributed by atoms with van der Waals surface area (Å²) in [5.74, 6) is 1.43. The minimum absolute atomic E-state index is 0.106. The van der Waals surface area contributed by atoms with Gasteiger partial charge in [0.1, 0.15) is 5.75 Å². The molecule has 2 aromatic carbocycles. The van der Waals surface area contributed by atoms with Gasteiger partial charge in [0.2, 0.25) is 0 Å². The first-order valence-corrected chi connectivity index (χ1v) is 8.55. The van der Waals surface area contributed by atoms with Crippen LogP contribution in [0.5, 0.6) is 5.75 Å². The van der Waals surface area contributed by atoms with E-state index in [0.717, 1.165) is 11.1 Å². The van der Waals surface area contributed by atoms with Gasteiger partial charge in [0.05, 0.1) is 0 Å².